The van der Waals surface area contributed by atoms with Crippen molar-refractivity contribution in [2.24, 2.45) is 0 Å². The van der Waals surface area contributed by atoms with Crippen molar-refractivity contribution in [1.82, 2.24) is 0 Å². The summed E-state index contributed by atoms with van der Waals surface area (Å²) in [5, 5.41) is 17.4. The number of rotatable bonds is 2. The molecule has 5 nitrogen and oxygen atoms in total. The minimum absolute atomic E-state index is 0.0277. The molecule has 1 aliphatic heterocycles. The summed E-state index contributed by atoms with van der Waals surface area (Å²) in [6.07, 6.45) is 8.15. The molecule has 1 heterocycles. The van der Waals surface area contributed by atoms with E-state index in [-0.39, 0.29) is 16.7 Å². The molecule has 1 fully saturated rings. The van der Waals surface area contributed by atoms with Crippen LogP contribution in [0.4, 0.5) is 0 Å². The highest BCUT2D eigenvalue weighted by atomic mass is 16.5. The molecule has 0 aromatic heterocycles. The third-order valence-corrected chi connectivity index (χ3v) is 3.62. The molecule has 0 atom stereocenters. The van der Waals surface area contributed by atoms with Gasteiger partial charge in [-0.1, -0.05) is 31.7 Å². The molecule has 1 aromatic rings. The third-order valence-electron chi connectivity index (χ3n) is 3.62. The van der Waals surface area contributed by atoms with Crippen LogP contribution in [0.25, 0.3) is 0 Å². The van der Waals surface area contributed by atoms with Crippen LogP contribution in [0.3, 0.4) is 0 Å². The van der Waals surface area contributed by atoms with Crippen molar-refractivity contribution in [3.05, 3.63) is 34.9 Å². The van der Waals surface area contributed by atoms with Gasteiger partial charge in [-0.15, -0.1) is 0 Å². The van der Waals surface area contributed by atoms with Crippen molar-refractivity contribution in [2.45, 2.75) is 45.4 Å². The first-order valence-corrected chi connectivity index (χ1v) is 7.68. The van der Waals surface area contributed by atoms with E-state index in [1.165, 1.54) is 63.6 Å². The largest absolute Gasteiger partial charge is 0.478 e. The summed E-state index contributed by atoms with van der Waals surface area (Å²) in [7, 11) is 0. The third kappa shape index (κ3) is 6.26. The lowest BCUT2D eigenvalue weighted by molar-refractivity contribution is 0.0696. The van der Waals surface area contributed by atoms with E-state index in [0.717, 1.165) is 13.2 Å². The Balaban J connectivity index is 0.000000235. The quantitative estimate of drug-likeness (QED) is 0.869. The average molecular weight is 308 g/mol. The lowest BCUT2D eigenvalue weighted by atomic mass is 10.0. The highest BCUT2D eigenvalue weighted by Gasteiger charge is 2.13. The summed E-state index contributed by atoms with van der Waals surface area (Å²) >= 11 is 0. The molecule has 0 aliphatic carbocycles. The average Bonchev–Trinajstić information content (AvgIpc) is 2.63. The molecule has 2 rings (SSSR count). The summed E-state index contributed by atoms with van der Waals surface area (Å²) in [4.78, 5) is 21.2. The Morgan fingerprint density at radius 1 is 0.864 bits per heavy atom. The van der Waals surface area contributed by atoms with Gasteiger partial charge in [-0.2, -0.15) is 0 Å². The lowest BCUT2D eigenvalue weighted by Crippen LogP contribution is -2.06. The number of carboxylic acids is 2. The predicted molar refractivity (Wildman–Crippen MR) is 83.6 cm³/mol. The van der Waals surface area contributed by atoms with Gasteiger partial charge in [0.05, 0.1) is 11.1 Å². The van der Waals surface area contributed by atoms with E-state index in [0.29, 0.717) is 0 Å². The van der Waals surface area contributed by atoms with E-state index < -0.39 is 11.9 Å². The molecule has 1 aliphatic rings. The van der Waals surface area contributed by atoms with E-state index >= 15 is 0 Å². The van der Waals surface area contributed by atoms with Crippen molar-refractivity contribution < 1.29 is 24.5 Å². The fraction of sp³-hybridized carbons (Fsp3) is 0.529. The zero-order valence-electron chi connectivity index (χ0n) is 13.0. The van der Waals surface area contributed by atoms with Crippen LogP contribution in [0.2, 0.25) is 0 Å². The fourth-order valence-electron chi connectivity index (χ4n) is 2.32. The van der Waals surface area contributed by atoms with Crippen LogP contribution in [0.15, 0.2) is 18.2 Å². The molecule has 0 radical (unpaired) electrons. The van der Waals surface area contributed by atoms with Crippen LogP contribution in [-0.2, 0) is 4.74 Å². The molecule has 0 unspecified atom stereocenters. The topological polar surface area (TPSA) is 83.8 Å². The van der Waals surface area contributed by atoms with Gasteiger partial charge in [0.2, 0.25) is 0 Å². The number of carboxylic acid groups (broad SMARTS) is 2. The monoisotopic (exact) mass is 308 g/mol. The van der Waals surface area contributed by atoms with Crippen LogP contribution in [-0.4, -0.2) is 35.4 Å². The maximum Gasteiger partial charge on any atom is 0.335 e. The molecule has 0 saturated carbocycles. The molecule has 1 saturated heterocycles. The van der Waals surface area contributed by atoms with Crippen molar-refractivity contribution in [3.63, 3.8) is 0 Å². The maximum atomic E-state index is 10.6. The number of aromatic carboxylic acids is 2. The molecular formula is C17H24O5. The first kappa shape index (κ1) is 18.2. The molecule has 22 heavy (non-hydrogen) atoms. The molecule has 5 heteroatoms. The fourth-order valence-corrected chi connectivity index (χ4v) is 2.32. The second-order valence-corrected chi connectivity index (χ2v) is 5.32. The Kier molecular flexibility index (Phi) is 8.22. The summed E-state index contributed by atoms with van der Waals surface area (Å²) < 4.78 is 5.35. The minimum atomic E-state index is -1.11. The van der Waals surface area contributed by atoms with Gasteiger partial charge in [0.15, 0.2) is 0 Å². The number of ether oxygens (including phenoxy) is 1. The lowest BCUT2D eigenvalue weighted by Gasteiger charge is -2.03. The van der Waals surface area contributed by atoms with Gasteiger partial charge in [-0.05, 0) is 37.5 Å². The summed E-state index contributed by atoms with van der Waals surface area (Å²) in [5.74, 6) is -2.22. The van der Waals surface area contributed by atoms with E-state index in [9.17, 15) is 9.59 Å². The van der Waals surface area contributed by atoms with Crippen molar-refractivity contribution in [3.8, 4) is 0 Å². The molecule has 0 spiro atoms. The molecule has 0 amide bonds. The van der Waals surface area contributed by atoms with Gasteiger partial charge in [0, 0.05) is 13.2 Å². The van der Waals surface area contributed by atoms with Crippen LogP contribution < -0.4 is 0 Å². The molecular weight excluding hydrogens is 284 g/mol. The number of hydrogen-bond acceptors (Lipinski definition) is 3. The van der Waals surface area contributed by atoms with Crippen molar-refractivity contribution in [2.75, 3.05) is 13.2 Å². The van der Waals surface area contributed by atoms with E-state index in [1.54, 1.807) is 0 Å². The van der Waals surface area contributed by atoms with Crippen molar-refractivity contribution >= 4 is 11.9 Å². The van der Waals surface area contributed by atoms with Gasteiger partial charge in [0.1, 0.15) is 0 Å². The number of benzene rings is 1. The second-order valence-electron chi connectivity index (χ2n) is 5.32. The first-order valence-electron chi connectivity index (χ1n) is 7.68. The maximum absolute atomic E-state index is 10.6. The highest BCUT2D eigenvalue weighted by molar-refractivity contribution is 5.96. The van der Waals surface area contributed by atoms with Gasteiger partial charge >= 0.3 is 11.9 Å². The Hall–Kier alpha value is -1.88. The highest BCUT2D eigenvalue weighted by Crippen LogP contribution is 2.13. The zero-order chi connectivity index (χ0) is 16.4. The van der Waals surface area contributed by atoms with Crippen LogP contribution >= 0.6 is 0 Å². The number of hydrogen-bond donors (Lipinski definition) is 2. The normalized spacial score (nSPS) is 15.5. The Labute approximate surface area is 130 Å². The summed E-state index contributed by atoms with van der Waals surface area (Å²) in [6, 6.07) is 4.17. The Morgan fingerprint density at radius 3 is 1.68 bits per heavy atom. The molecule has 0 bridgehead atoms. The molecule has 122 valence electrons. The van der Waals surface area contributed by atoms with Crippen LogP contribution in [0.1, 0.15) is 64.8 Å². The van der Waals surface area contributed by atoms with E-state index in [1.807, 2.05) is 0 Å². The zero-order valence-corrected chi connectivity index (χ0v) is 13.0. The predicted octanol–water partition coefficient (Wildman–Crippen LogP) is 3.75. The van der Waals surface area contributed by atoms with Crippen molar-refractivity contribution in [1.29, 1.82) is 0 Å². The SMILES string of the molecule is C1CCCCOCCC1.Cc1c(C(=O)O)cccc1C(=O)O. The van der Waals surface area contributed by atoms with Gasteiger partial charge in [0.25, 0.3) is 0 Å². The summed E-state index contributed by atoms with van der Waals surface area (Å²) in [6.45, 7) is 3.48. The minimum Gasteiger partial charge on any atom is -0.478 e. The smallest absolute Gasteiger partial charge is 0.335 e. The second kappa shape index (κ2) is 9.95. The van der Waals surface area contributed by atoms with Crippen LogP contribution in [0.5, 0.6) is 0 Å². The first-order chi connectivity index (χ1) is 10.5. The molecule has 2 N–H and O–H groups in total. The summed E-state index contributed by atoms with van der Waals surface area (Å²) in [5.41, 5.74) is 0.335. The standard InChI is InChI=1S/C9H8O4.C8H16O/c1-5-6(8(10)11)3-2-4-7(5)9(12)13;1-2-4-6-8-9-7-5-3-1/h2-4H,1H3,(H,10,11)(H,12,13);1-8H2. The Morgan fingerprint density at radius 2 is 1.27 bits per heavy atom. The van der Waals surface area contributed by atoms with Crippen LogP contribution in [0, 0.1) is 6.92 Å². The Bertz CT molecular complexity index is 435. The van der Waals surface area contributed by atoms with Gasteiger partial charge < -0.3 is 14.9 Å². The van der Waals surface area contributed by atoms with E-state index in [2.05, 4.69) is 0 Å². The van der Waals surface area contributed by atoms with E-state index in [4.69, 9.17) is 14.9 Å². The molecule has 1 aromatic carbocycles. The number of carbonyl (C=O) groups is 2. The van der Waals surface area contributed by atoms with Gasteiger partial charge in [-0.25, -0.2) is 9.59 Å². The van der Waals surface area contributed by atoms with Gasteiger partial charge in [-0.3, -0.25) is 0 Å².